The molecule has 0 aliphatic rings. The van der Waals surface area contributed by atoms with Crippen LogP contribution in [0, 0.1) is 122 Å². The molecule has 0 bridgehead atoms. The number of ether oxygens (including phenoxy) is 9. The second kappa shape index (κ2) is 67.6. The summed E-state index contributed by atoms with van der Waals surface area (Å²) in [6.07, 6.45) is 6.91. The van der Waals surface area contributed by atoms with E-state index >= 15 is 0 Å². The maximum Gasteiger partial charge on any atom is 0.333 e. The lowest BCUT2D eigenvalue weighted by atomic mass is 9.99. The maximum absolute atomic E-state index is 13.4. The summed E-state index contributed by atoms with van der Waals surface area (Å²) in [5.74, 6) is -35.4. The molecule has 0 spiro atoms. The average Bonchev–Trinajstić information content (AvgIpc) is 0.776. The van der Waals surface area contributed by atoms with Gasteiger partial charge in [-0.25, -0.2) is 80.6 Å². The van der Waals surface area contributed by atoms with Gasteiger partial charge in [-0.1, -0.05) is 134 Å². The lowest BCUT2D eigenvalue weighted by Crippen LogP contribution is -2.13. The molecule has 0 saturated heterocycles. The second-order valence-corrected chi connectivity index (χ2v) is 30.3. The van der Waals surface area contributed by atoms with E-state index in [0.717, 1.165) is 12.2 Å². The van der Waals surface area contributed by atoms with Crippen LogP contribution in [0.2, 0.25) is 0 Å². The molecule has 4 rings (SSSR count). The maximum atomic E-state index is 13.4. The number of carbonyl (C=O) groups excluding carboxylic acids is 8. The summed E-state index contributed by atoms with van der Waals surface area (Å²) in [4.78, 5) is 86.5. The predicted molar refractivity (Wildman–Crippen MR) is 454 cm³/mol. The molecule has 0 aliphatic carbocycles. The Balaban J connectivity index is -0.000000327. The van der Waals surface area contributed by atoms with E-state index in [9.17, 15) is 117 Å². The third-order valence-corrected chi connectivity index (χ3v) is 14.2. The number of Topliss-reactive ketones (excluding diaryl/α,β-unsaturated/α-hetero) is 2. The topological polar surface area (TPSA) is 220 Å². The highest BCUT2D eigenvalue weighted by Crippen LogP contribution is 2.34. The van der Waals surface area contributed by atoms with Crippen molar-refractivity contribution in [2.75, 3.05) is 26.8 Å². The molecule has 35 heteroatoms. The van der Waals surface area contributed by atoms with Gasteiger partial charge in [0.1, 0.15) is 5.78 Å². The summed E-state index contributed by atoms with van der Waals surface area (Å²) in [5, 5.41) is 0. The fourth-order valence-corrected chi connectivity index (χ4v) is 8.15. The van der Waals surface area contributed by atoms with Crippen LogP contribution in [0.25, 0.3) is 12.2 Å². The van der Waals surface area contributed by atoms with Gasteiger partial charge >= 0.3 is 29.8 Å². The van der Waals surface area contributed by atoms with Gasteiger partial charge in [0.25, 0.3) is 0 Å². The quantitative estimate of drug-likeness (QED) is 0.00611. The first-order valence-corrected chi connectivity index (χ1v) is 39.7. The Bertz CT molecular complexity index is 4090. The Morgan fingerprint density at radius 2 is 0.609 bits per heavy atom. The minimum absolute atomic E-state index is 0.0412. The van der Waals surface area contributed by atoms with E-state index in [0.29, 0.717) is 91.3 Å². The van der Waals surface area contributed by atoms with Crippen LogP contribution >= 0.6 is 0 Å². The minimum atomic E-state index is -2.22. The Kier molecular flexibility index (Phi) is 67.7. The first-order valence-electron chi connectivity index (χ1n) is 39.7. The molecule has 0 unspecified atom stereocenters. The number of esters is 5. The molecule has 0 N–H and O–H groups in total. The Hall–Kier alpha value is -10.6. The second-order valence-electron chi connectivity index (χ2n) is 30.3. The van der Waals surface area contributed by atoms with Crippen molar-refractivity contribution in [2.24, 2.45) is 17.8 Å². The smallest absolute Gasteiger partial charge is 0.333 e. The monoisotopic (exact) mass is 1850 g/mol. The van der Waals surface area contributed by atoms with Gasteiger partial charge in [-0.15, -0.1) is 0 Å². The van der Waals surface area contributed by atoms with E-state index in [1.807, 2.05) is 41.5 Å². The number of allylic oxidation sites excluding steroid dienone is 2. The number of hydrogen-bond acceptors (Lipinski definition) is 17. The highest BCUT2D eigenvalue weighted by atomic mass is 19.2. The van der Waals surface area contributed by atoms with Gasteiger partial charge in [0.05, 0.1) is 54.9 Å². The average molecular weight is 1860 g/mol. The van der Waals surface area contributed by atoms with E-state index in [2.05, 4.69) is 66.8 Å². The van der Waals surface area contributed by atoms with Crippen molar-refractivity contribution in [2.45, 2.75) is 253 Å². The summed E-state index contributed by atoms with van der Waals surface area (Å²) in [6.45, 7) is 67.7. The van der Waals surface area contributed by atoms with E-state index < -0.39 is 170 Å². The SMILES string of the molecule is C=C(C)C(=O)CC(C)C.C=C(C)C(=O)OC(C)C.C=C(C)C(=O)OCCCC(=O)CC(C)C.C=C(C)C(=O)OCCCC(=O)OC(C)C.C=CC(=O)CC(C)C.C=CC(=O)OC(C)C.C=Cc1c(F)c(F)c(C(C)C)c(F)c1F.C=Cc1c(F)c(F)c(OCOC(C)C)c(F)c1F.CC(C)OCOc1c(F)c(F)c(F)c(F)c1F.CC(C)c1c(F)c(F)c(F)c(F)c1F. The fourth-order valence-electron chi connectivity index (χ4n) is 8.15. The van der Waals surface area contributed by atoms with Crippen LogP contribution in [-0.2, 0) is 71.5 Å². The minimum Gasteiger partial charge on any atom is -0.463 e. The van der Waals surface area contributed by atoms with Crippen LogP contribution in [0.1, 0.15) is 245 Å². The highest BCUT2D eigenvalue weighted by molar-refractivity contribution is 5.94. The van der Waals surface area contributed by atoms with E-state index in [-0.39, 0.29) is 84.8 Å². The van der Waals surface area contributed by atoms with E-state index in [1.165, 1.54) is 33.8 Å². The number of carbonyl (C=O) groups is 8. The molecule has 0 amide bonds. The van der Waals surface area contributed by atoms with Crippen molar-refractivity contribution in [3.63, 3.8) is 0 Å². The Labute approximate surface area is 740 Å². The summed E-state index contributed by atoms with van der Waals surface area (Å²) in [7, 11) is 0. The van der Waals surface area contributed by atoms with Crippen molar-refractivity contribution in [1.82, 2.24) is 0 Å². The van der Waals surface area contributed by atoms with E-state index in [4.69, 9.17) is 28.4 Å². The summed E-state index contributed by atoms with van der Waals surface area (Å²) < 4.78 is 277. The normalized spacial score (nSPS) is 10.3. The zero-order valence-electron chi connectivity index (χ0n) is 77.3. The van der Waals surface area contributed by atoms with Gasteiger partial charge in [0, 0.05) is 66.0 Å². The Morgan fingerprint density at radius 1 is 0.320 bits per heavy atom. The van der Waals surface area contributed by atoms with Gasteiger partial charge < -0.3 is 42.6 Å². The lowest BCUT2D eigenvalue weighted by molar-refractivity contribution is -0.149. The molecule has 4 aromatic rings. The zero-order valence-corrected chi connectivity index (χ0v) is 77.3. The Morgan fingerprint density at radius 3 is 0.844 bits per heavy atom. The molecule has 17 nitrogen and oxygen atoms in total. The van der Waals surface area contributed by atoms with Crippen molar-refractivity contribution < 1.29 is 160 Å². The first kappa shape index (κ1) is 128. The molecule has 0 saturated carbocycles. The van der Waals surface area contributed by atoms with Crippen LogP contribution in [0.5, 0.6) is 11.5 Å². The van der Waals surface area contributed by atoms with Crippen molar-refractivity contribution >= 4 is 59.3 Å². The molecule has 0 atom stereocenters. The number of benzene rings is 4. The molecule has 128 heavy (non-hydrogen) atoms. The van der Waals surface area contributed by atoms with Crippen LogP contribution in [0.4, 0.5) is 79.0 Å². The van der Waals surface area contributed by atoms with Gasteiger partial charge in [0.15, 0.2) is 94.8 Å². The fraction of sp³-hybridized carbons (Fsp3) is 0.484. The van der Waals surface area contributed by atoms with Crippen molar-refractivity contribution in [3.8, 4) is 11.5 Å². The number of rotatable bonds is 35. The number of ketones is 3. The largest absolute Gasteiger partial charge is 0.463 e. The third-order valence-electron chi connectivity index (χ3n) is 14.2. The van der Waals surface area contributed by atoms with Crippen LogP contribution in [0.15, 0.2) is 87.1 Å². The third kappa shape index (κ3) is 53.9. The van der Waals surface area contributed by atoms with Gasteiger partial charge in [-0.3, -0.25) is 19.2 Å². The molecule has 4 aromatic carbocycles. The number of halogens is 18. The van der Waals surface area contributed by atoms with Gasteiger partial charge in [0.2, 0.25) is 46.5 Å². The highest BCUT2D eigenvalue weighted by Gasteiger charge is 2.31. The van der Waals surface area contributed by atoms with Crippen molar-refractivity contribution in [1.29, 1.82) is 0 Å². The molecule has 0 heterocycles. The van der Waals surface area contributed by atoms with Crippen molar-refractivity contribution in [3.05, 3.63) is 214 Å². The van der Waals surface area contributed by atoms with Gasteiger partial charge in [-0.2, -0.15) is 17.6 Å². The molecule has 724 valence electrons. The lowest BCUT2D eigenvalue weighted by Gasteiger charge is -2.12. The van der Waals surface area contributed by atoms with Gasteiger partial charge in [-0.05, 0) is 151 Å². The molecule has 0 aromatic heterocycles. The van der Waals surface area contributed by atoms with Crippen LogP contribution < -0.4 is 9.47 Å². The molecular formula is C93H124F18O17. The summed E-state index contributed by atoms with van der Waals surface area (Å²) in [6, 6.07) is 0. The molecule has 0 aliphatic heterocycles. The zero-order chi connectivity index (χ0) is 102. The predicted octanol–water partition coefficient (Wildman–Crippen LogP) is 25.2. The van der Waals surface area contributed by atoms with Crippen LogP contribution in [-0.4, -0.2) is 105 Å². The molecular weight excluding hydrogens is 1730 g/mol. The molecule has 0 radical (unpaired) electrons. The standard InChI is InChI=1S/C12H12F4O2.C12H20O3.C11H10F4.C11H18O4.C10H9F5O2.C9H7F5.C8H14O.C7H12O2.C7H12O.C6H10O2/c1-4-7-8(13)10(15)12(11(16)9(7)14)18-5-17-6(2)3;1-9(2)8-11(13)6-5-7-15-12(14)10(3)4;1-4-6-8(12)10(14)7(5(2)3)11(15)9(6)13;1-8(2)11(13)14-7-5-6-10(12)15-9(3)4;1-4(2)16-3-17-10-8(14)6(12)5(11)7(13)9(10)15;1-3(2)4-5(10)7(12)9(14)8(13)6(4)11;1-6(2)5-8(9)7(3)4;1-5(2)7(8)9-6(3)4;1-4-7(8)5-6(2)3;1-4-6(7)8-5(2)3/h4,6H,1,5H2,2-3H3;9H,3,5-8H2,1-2,4H3;4-5H,1H2,2-3H3;9H,1,5-7H2,2-4H3;4H,3H2,1-2H3;3H,1-2H3;6H,3,5H2,1-2,4H3;6H,1H2,2-4H3;4,6H,1,5H2,2-3H3;4-5H,1H2,2-3H3. The number of hydrogen-bond donors (Lipinski definition) is 0. The summed E-state index contributed by atoms with van der Waals surface area (Å²) in [5.41, 5.74) is -1.12. The first-order chi connectivity index (χ1) is 58.8. The van der Waals surface area contributed by atoms with Crippen LogP contribution in [0.3, 0.4) is 0 Å². The summed E-state index contributed by atoms with van der Waals surface area (Å²) >= 11 is 0. The molecule has 0 fully saturated rings. The van der Waals surface area contributed by atoms with E-state index in [1.54, 1.807) is 96.9 Å².